The fourth-order valence-corrected chi connectivity index (χ4v) is 4.90. The van der Waals surface area contributed by atoms with E-state index in [0.717, 1.165) is 11.1 Å². The standard InChI is InChI=1S/C32H21F2N7/c1-18(19-7-3-2-4-8-19)37-23-14-21(15-35-16-23)29-28(34)27-26(17-36-29)40-41-31(27)32-38-25-12-6-11-24(30(25)39-32)20-9-5-10-22(33)13-20/h2-17,37H,1H2,(H,38,39)(H,40,41). The van der Waals surface area contributed by atoms with Gasteiger partial charge in [0.2, 0.25) is 0 Å². The van der Waals surface area contributed by atoms with E-state index in [-0.39, 0.29) is 16.9 Å². The van der Waals surface area contributed by atoms with Crippen LogP contribution in [0.2, 0.25) is 0 Å². The molecule has 3 N–H and O–H groups in total. The summed E-state index contributed by atoms with van der Waals surface area (Å²) in [5.74, 6) is -0.523. The van der Waals surface area contributed by atoms with Gasteiger partial charge in [-0.15, -0.1) is 0 Å². The average molecular weight is 542 g/mol. The van der Waals surface area contributed by atoms with E-state index in [9.17, 15) is 4.39 Å². The smallest absolute Gasteiger partial charge is 0.161 e. The van der Waals surface area contributed by atoms with Crippen molar-refractivity contribution in [2.24, 2.45) is 0 Å². The Kier molecular flexibility index (Phi) is 5.82. The fraction of sp³-hybridized carbons (Fsp3) is 0. The maximum Gasteiger partial charge on any atom is 0.161 e. The van der Waals surface area contributed by atoms with E-state index in [1.807, 2.05) is 54.6 Å². The van der Waals surface area contributed by atoms with E-state index >= 15 is 4.39 Å². The molecule has 7 nitrogen and oxygen atoms in total. The maximum atomic E-state index is 16.2. The summed E-state index contributed by atoms with van der Waals surface area (Å²) in [5.41, 5.74) is 6.38. The van der Waals surface area contributed by atoms with Crippen molar-refractivity contribution in [3.63, 3.8) is 0 Å². The zero-order valence-corrected chi connectivity index (χ0v) is 21.5. The summed E-state index contributed by atoms with van der Waals surface area (Å²) in [7, 11) is 0. The number of nitrogens with zero attached hydrogens (tertiary/aromatic N) is 4. The molecular formula is C32H21F2N7. The predicted octanol–water partition coefficient (Wildman–Crippen LogP) is 7.59. The first kappa shape index (κ1) is 24.3. The Labute approximate surface area is 232 Å². The largest absolute Gasteiger partial charge is 0.354 e. The van der Waals surface area contributed by atoms with Crippen molar-refractivity contribution in [2.45, 2.75) is 0 Å². The van der Waals surface area contributed by atoms with Crippen LogP contribution in [0, 0.1) is 11.6 Å². The minimum Gasteiger partial charge on any atom is -0.354 e. The lowest BCUT2D eigenvalue weighted by Crippen LogP contribution is -1.99. The molecule has 0 aliphatic rings. The van der Waals surface area contributed by atoms with Crippen molar-refractivity contribution in [3.8, 4) is 33.9 Å². The third kappa shape index (κ3) is 4.39. The van der Waals surface area contributed by atoms with Gasteiger partial charge in [-0.2, -0.15) is 5.10 Å². The first-order valence-corrected chi connectivity index (χ1v) is 12.8. The molecule has 0 saturated carbocycles. The molecule has 0 spiro atoms. The van der Waals surface area contributed by atoms with Crippen LogP contribution in [0.25, 0.3) is 61.5 Å². The van der Waals surface area contributed by atoms with Gasteiger partial charge in [0.05, 0.1) is 40.0 Å². The molecule has 0 aliphatic heterocycles. The third-order valence-electron chi connectivity index (χ3n) is 6.85. The highest BCUT2D eigenvalue weighted by Gasteiger charge is 2.21. The molecule has 0 fully saturated rings. The summed E-state index contributed by atoms with van der Waals surface area (Å²) in [6, 6.07) is 23.4. The number of rotatable bonds is 6. The number of fused-ring (bicyclic) bond motifs is 2. The van der Waals surface area contributed by atoms with Crippen molar-refractivity contribution in [1.82, 2.24) is 30.1 Å². The van der Waals surface area contributed by atoms with E-state index in [0.29, 0.717) is 50.6 Å². The zero-order valence-electron chi connectivity index (χ0n) is 21.5. The van der Waals surface area contributed by atoms with E-state index in [1.165, 1.54) is 18.3 Å². The number of aromatic amines is 2. The topological polar surface area (TPSA) is 95.2 Å². The second-order valence-electron chi connectivity index (χ2n) is 9.51. The van der Waals surface area contributed by atoms with E-state index < -0.39 is 5.82 Å². The minimum atomic E-state index is -0.558. The highest BCUT2D eigenvalue weighted by molar-refractivity contribution is 5.98. The number of H-pyrrole nitrogens is 2. The molecule has 0 aliphatic carbocycles. The van der Waals surface area contributed by atoms with Gasteiger partial charge in [-0.3, -0.25) is 15.1 Å². The van der Waals surface area contributed by atoms with Crippen molar-refractivity contribution < 1.29 is 8.78 Å². The summed E-state index contributed by atoms with van der Waals surface area (Å²) in [5, 5.41) is 10.7. The van der Waals surface area contributed by atoms with E-state index in [2.05, 4.69) is 37.0 Å². The van der Waals surface area contributed by atoms with Gasteiger partial charge in [0.25, 0.3) is 0 Å². The van der Waals surface area contributed by atoms with Crippen molar-refractivity contribution in [3.05, 3.63) is 121 Å². The van der Waals surface area contributed by atoms with Gasteiger partial charge < -0.3 is 10.3 Å². The van der Waals surface area contributed by atoms with Crippen LogP contribution in [0.4, 0.5) is 14.5 Å². The molecule has 4 aromatic heterocycles. The predicted molar refractivity (Wildman–Crippen MR) is 157 cm³/mol. The number of hydrogen-bond acceptors (Lipinski definition) is 5. The Balaban J connectivity index is 1.29. The van der Waals surface area contributed by atoms with Crippen LogP contribution in [0.5, 0.6) is 0 Å². The van der Waals surface area contributed by atoms with Gasteiger partial charge in [0, 0.05) is 23.0 Å². The van der Waals surface area contributed by atoms with Crippen LogP contribution >= 0.6 is 0 Å². The Hall–Kier alpha value is -5.70. The molecule has 0 amide bonds. The lowest BCUT2D eigenvalue weighted by molar-refractivity contribution is 0.628. The Bertz CT molecular complexity index is 2080. The van der Waals surface area contributed by atoms with Crippen LogP contribution in [-0.4, -0.2) is 30.1 Å². The number of anilines is 1. The molecule has 0 radical (unpaired) electrons. The molecular weight excluding hydrogens is 520 g/mol. The highest BCUT2D eigenvalue weighted by atomic mass is 19.1. The normalized spacial score (nSPS) is 11.3. The quantitative estimate of drug-likeness (QED) is 0.202. The number of pyridine rings is 2. The molecule has 41 heavy (non-hydrogen) atoms. The number of para-hydroxylation sites is 1. The zero-order chi connectivity index (χ0) is 27.9. The van der Waals surface area contributed by atoms with Gasteiger partial charge in [0.15, 0.2) is 11.6 Å². The lowest BCUT2D eigenvalue weighted by Gasteiger charge is -2.11. The number of hydrogen-bond donors (Lipinski definition) is 3. The van der Waals surface area contributed by atoms with Gasteiger partial charge in [-0.05, 0) is 35.4 Å². The van der Waals surface area contributed by atoms with Crippen LogP contribution in [0.1, 0.15) is 5.56 Å². The minimum absolute atomic E-state index is 0.123. The monoisotopic (exact) mass is 541 g/mol. The van der Waals surface area contributed by atoms with Crippen LogP contribution in [0.3, 0.4) is 0 Å². The van der Waals surface area contributed by atoms with E-state index in [1.54, 1.807) is 24.5 Å². The number of halogens is 2. The van der Waals surface area contributed by atoms with Gasteiger partial charge in [0.1, 0.15) is 17.2 Å². The Morgan fingerprint density at radius 2 is 1.66 bits per heavy atom. The molecule has 0 bridgehead atoms. The molecule has 7 aromatic rings. The summed E-state index contributed by atoms with van der Waals surface area (Å²) < 4.78 is 30.1. The number of benzene rings is 3. The lowest BCUT2D eigenvalue weighted by atomic mass is 10.0. The SMILES string of the molecule is C=C(Nc1cncc(-c2ncc3[nH]nc(-c4nc5c(-c6cccc(F)c6)cccc5[nH]4)c3c2F)c1)c1ccccc1. The van der Waals surface area contributed by atoms with Gasteiger partial charge in [-0.25, -0.2) is 13.8 Å². The summed E-state index contributed by atoms with van der Waals surface area (Å²) in [6.07, 6.45) is 4.73. The molecule has 4 heterocycles. The molecule has 198 valence electrons. The second kappa shape index (κ2) is 9.80. The molecule has 0 atom stereocenters. The highest BCUT2D eigenvalue weighted by Crippen LogP contribution is 2.35. The second-order valence-corrected chi connectivity index (χ2v) is 9.51. The first-order chi connectivity index (χ1) is 20.0. The summed E-state index contributed by atoms with van der Waals surface area (Å²) in [6.45, 7) is 4.10. The van der Waals surface area contributed by atoms with E-state index in [4.69, 9.17) is 4.98 Å². The van der Waals surface area contributed by atoms with Crippen LogP contribution in [0.15, 0.2) is 104 Å². The first-order valence-electron chi connectivity index (χ1n) is 12.8. The third-order valence-corrected chi connectivity index (χ3v) is 6.85. The van der Waals surface area contributed by atoms with Crippen molar-refractivity contribution in [1.29, 1.82) is 0 Å². The molecule has 0 saturated heterocycles. The van der Waals surface area contributed by atoms with Crippen LogP contribution in [-0.2, 0) is 0 Å². The Morgan fingerprint density at radius 3 is 2.51 bits per heavy atom. The summed E-state index contributed by atoms with van der Waals surface area (Å²) in [4.78, 5) is 16.6. The van der Waals surface area contributed by atoms with Crippen molar-refractivity contribution >= 4 is 33.3 Å². The molecule has 3 aromatic carbocycles. The van der Waals surface area contributed by atoms with Gasteiger partial charge in [-0.1, -0.05) is 61.2 Å². The Morgan fingerprint density at radius 1 is 0.805 bits per heavy atom. The molecule has 9 heteroatoms. The number of aromatic nitrogens is 6. The summed E-state index contributed by atoms with van der Waals surface area (Å²) >= 11 is 0. The van der Waals surface area contributed by atoms with Crippen molar-refractivity contribution in [2.75, 3.05) is 5.32 Å². The number of imidazole rings is 1. The maximum absolute atomic E-state index is 16.2. The number of nitrogens with one attached hydrogen (secondary N) is 3. The molecule has 7 rings (SSSR count). The average Bonchev–Trinajstić information content (AvgIpc) is 3.63. The molecule has 0 unspecified atom stereocenters. The fourth-order valence-electron chi connectivity index (χ4n) is 4.90. The van der Waals surface area contributed by atoms with Crippen LogP contribution < -0.4 is 5.32 Å². The van der Waals surface area contributed by atoms with Gasteiger partial charge >= 0.3 is 0 Å².